The van der Waals surface area contributed by atoms with Crippen molar-refractivity contribution in [2.45, 2.75) is 0 Å². The van der Waals surface area contributed by atoms with Crippen molar-refractivity contribution < 1.29 is 14.4 Å². The largest absolute Gasteiger partial charge is 0.288 e. The lowest BCUT2D eigenvalue weighted by atomic mass is 10.0. The number of nitrogens with one attached hydrogen (secondary N) is 1. The molecular weight excluding hydrogens is 374 g/mol. The molecule has 0 radical (unpaired) electrons. The van der Waals surface area contributed by atoms with Crippen LogP contribution in [0.2, 0.25) is 0 Å². The zero-order valence-electron chi connectivity index (χ0n) is 14.6. The van der Waals surface area contributed by atoms with Crippen molar-refractivity contribution in [2.24, 2.45) is 0 Å². The van der Waals surface area contributed by atoms with Crippen LogP contribution in [-0.2, 0) is 0 Å². The van der Waals surface area contributed by atoms with E-state index in [-0.39, 0.29) is 11.8 Å². The fourth-order valence-corrected chi connectivity index (χ4v) is 2.68. The number of hydrogen-bond acceptors (Lipinski definition) is 3. The highest BCUT2D eigenvalue weighted by Crippen LogP contribution is 2.19. The first-order valence-corrected chi connectivity index (χ1v) is 8.74. The number of benzene rings is 3. The Morgan fingerprint density at radius 3 is 2.00 bits per heavy atom. The molecule has 0 saturated heterocycles. The molecular formula is C23H14ClNO3. The third-order valence-electron chi connectivity index (χ3n) is 3.88. The molecule has 136 valence electrons. The van der Waals surface area contributed by atoms with Gasteiger partial charge in [0.1, 0.15) is 0 Å². The molecule has 0 atom stereocenters. The van der Waals surface area contributed by atoms with Gasteiger partial charge in [0.25, 0.3) is 17.1 Å². The number of fused-ring (bicyclic) bond motifs is 1. The van der Waals surface area contributed by atoms with E-state index in [0.717, 1.165) is 5.56 Å². The quantitative estimate of drug-likeness (QED) is 0.389. The smallest absolute Gasteiger partial charge is 0.260 e. The number of halogens is 1. The maximum absolute atomic E-state index is 11.7. The summed E-state index contributed by atoms with van der Waals surface area (Å²) in [4.78, 5) is 33.6. The lowest BCUT2D eigenvalue weighted by Gasteiger charge is -1.97. The number of rotatable bonds is 1. The lowest BCUT2D eigenvalue weighted by molar-refractivity contribution is 0.0879. The average Bonchev–Trinajstić information content (AvgIpc) is 3.03. The molecule has 4 nitrogen and oxygen atoms in total. The number of carbonyl (C=O) groups excluding carboxylic acids is 3. The second-order valence-corrected chi connectivity index (χ2v) is 6.11. The molecule has 0 aromatic heterocycles. The second-order valence-electron chi connectivity index (χ2n) is 5.77. The summed E-state index contributed by atoms with van der Waals surface area (Å²) in [6.45, 7) is 0. The third kappa shape index (κ3) is 4.53. The Morgan fingerprint density at radius 2 is 1.39 bits per heavy atom. The van der Waals surface area contributed by atoms with Gasteiger partial charge in [0.15, 0.2) is 0 Å². The highest BCUT2D eigenvalue weighted by Gasteiger charge is 2.28. The van der Waals surface area contributed by atoms with Crippen LogP contribution < -0.4 is 5.32 Å². The van der Waals surface area contributed by atoms with Crippen molar-refractivity contribution in [3.8, 4) is 11.8 Å². The molecule has 0 saturated carbocycles. The van der Waals surface area contributed by atoms with E-state index in [1.807, 2.05) is 36.4 Å². The Labute approximate surface area is 167 Å². The van der Waals surface area contributed by atoms with Gasteiger partial charge in [-0.1, -0.05) is 66.4 Å². The third-order valence-corrected chi connectivity index (χ3v) is 4.10. The molecule has 0 unspecified atom stereocenters. The van der Waals surface area contributed by atoms with E-state index in [4.69, 9.17) is 11.6 Å². The Kier molecular flexibility index (Phi) is 6.01. The van der Waals surface area contributed by atoms with E-state index in [1.165, 1.54) is 0 Å². The zero-order valence-corrected chi connectivity index (χ0v) is 15.4. The van der Waals surface area contributed by atoms with Crippen molar-refractivity contribution in [3.05, 3.63) is 107 Å². The molecule has 5 heteroatoms. The van der Waals surface area contributed by atoms with Crippen molar-refractivity contribution in [2.75, 3.05) is 0 Å². The number of amides is 2. The molecule has 0 fully saturated rings. The molecule has 0 aliphatic carbocycles. The number of hydrogen-bond donors (Lipinski definition) is 1. The summed E-state index contributed by atoms with van der Waals surface area (Å²) >= 11 is 5.16. The highest BCUT2D eigenvalue weighted by atomic mass is 35.5. The van der Waals surface area contributed by atoms with Gasteiger partial charge in [0, 0.05) is 16.7 Å². The van der Waals surface area contributed by atoms with Crippen LogP contribution in [0.15, 0.2) is 78.9 Å². The summed E-state index contributed by atoms with van der Waals surface area (Å²) < 4.78 is 0. The normalized spacial score (nSPS) is 11.3. The van der Waals surface area contributed by atoms with E-state index in [1.54, 1.807) is 42.5 Å². The Morgan fingerprint density at radius 1 is 0.750 bits per heavy atom. The summed E-state index contributed by atoms with van der Waals surface area (Å²) in [5, 5.41) is 1.87. The fraction of sp³-hybridized carbons (Fsp3) is 0. The van der Waals surface area contributed by atoms with Gasteiger partial charge in [-0.05, 0) is 35.9 Å². The Bertz CT molecular complexity index is 1100. The van der Waals surface area contributed by atoms with Gasteiger partial charge in [-0.2, -0.15) is 0 Å². The van der Waals surface area contributed by atoms with Gasteiger partial charge >= 0.3 is 0 Å². The van der Waals surface area contributed by atoms with E-state index < -0.39 is 5.24 Å². The Balaban J connectivity index is 0.000000211. The molecule has 2 amide bonds. The first-order valence-electron chi connectivity index (χ1n) is 8.37. The van der Waals surface area contributed by atoms with Gasteiger partial charge in [0.2, 0.25) is 0 Å². The van der Waals surface area contributed by atoms with Crippen LogP contribution in [-0.4, -0.2) is 17.1 Å². The first kappa shape index (κ1) is 19.1. The summed E-state index contributed by atoms with van der Waals surface area (Å²) in [5.74, 6) is 5.20. The van der Waals surface area contributed by atoms with Crippen LogP contribution in [0.5, 0.6) is 0 Å². The SMILES string of the molecule is O=C(Cl)c1ccccc1.O=C1NC(=O)c2c(C#Cc3ccccc3)cccc21. The zero-order chi connectivity index (χ0) is 19.9. The molecule has 1 N–H and O–H groups in total. The maximum atomic E-state index is 11.7. The lowest BCUT2D eigenvalue weighted by Crippen LogP contribution is -2.20. The maximum Gasteiger partial charge on any atom is 0.260 e. The van der Waals surface area contributed by atoms with E-state index >= 15 is 0 Å². The summed E-state index contributed by atoms with van der Waals surface area (Å²) in [7, 11) is 0. The number of carbonyl (C=O) groups is 3. The predicted molar refractivity (Wildman–Crippen MR) is 107 cm³/mol. The van der Waals surface area contributed by atoms with Crippen molar-refractivity contribution >= 4 is 28.7 Å². The monoisotopic (exact) mass is 387 g/mol. The molecule has 3 aromatic carbocycles. The standard InChI is InChI=1S/C16H9NO2.C7H5ClO/c18-15-13-8-4-7-12(14(13)16(19)17-15)10-9-11-5-2-1-3-6-11;8-7(9)6-4-2-1-3-5-6/h1-8H,(H,17,18,19);1-5H. The van der Waals surface area contributed by atoms with Gasteiger partial charge in [-0.15, -0.1) is 0 Å². The van der Waals surface area contributed by atoms with Gasteiger partial charge < -0.3 is 0 Å². The van der Waals surface area contributed by atoms with Crippen LogP contribution in [0.25, 0.3) is 0 Å². The summed E-state index contributed by atoms with van der Waals surface area (Å²) in [6, 6.07) is 23.3. The summed E-state index contributed by atoms with van der Waals surface area (Å²) in [5.41, 5.74) is 2.74. The molecule has 1 aliphatic heterocycles. The molecule has 3 aromatic rings. The van der Waals surface area contributed by atoms with Crippen LogP contribution in [0.4, 0.5) is 0 Å². The van der Waals surface area contributed by atoms with Crippen LogP contribution in [0, 0.1) is 11.8 Å². The van der Waals surface area contributed by atoms with Crippen molar-refractivity contribution in [1.82, 2.24) is 5.32 Å². The van der Waals surface area contributed by atoms with Crippen LogP contribution in [0.3, 0.4) is 0 Å². The minimum atomic E-state index is -0.407. The first-order chi connectivity index (χ1) is 13.6. The summed E-state index contributed by atoms with van der Waals surface area (Å²) in [6.07, 6.45) is 0. The average molecular weight is 388 g/mol. The molecule has 1 heterocycles. The van der Waals surface area contributed by atoms with Crippen molar-refractivity contribution in [1.29, 1.82) is 0 Å². The molecule has 28 heavy (non-hydrogen) atoms. The van der Waals surface area contributed by atoms with E-state index in [0.29, 0.717) is 22.3 Å². The second kappa shape index (κ2) is 8.81. The fourth-order valence-electron chi connectivity index (χ4n) is 2.55. The van der Waals surface area contributed by atoms with Crippen LogP contribution >= 0.6 is 11.6 Å². The predicted octanol–water partition coefficient (Wildman–Crippen LogP) is 4.04. The molecule has 4 rings (SSSR count). The van der Waals surface area contributed by atoms with Crippen LogP contribution in [0.1, 0.15) is 42.2 Å². The van der Waals surface area contributed by atoms with Crippen molar-refractivity contribution in [3.63, 3.8) is 0 Å². The minimum Gasteiger partial charge on any atom is -0.288 e. The molecule has 1 aliphatic rings. The highest BCUT2D eigenvalue weighted by molar-refractivity contribution is 6.67. The van der Waals surface area contributed by atoms with E-state index in [9.17, 15) is 14.4 Å². The van der Waals surface area contributed by atoms with Gasteiger partial charge in [-0.3, -0.25) is 19.7 Å². The molecule has 0 bridgehead atoms. The Hall–Kier alpha value is -3.68. The number of imide groups is 1. The van der Waals surface area contributed by atoms with Gasteiger partial charge in [0.05, 0.1) is 11.1 Å². The van der Waals surface area contributed by atoms with E-state index in [2.05, 4.69) is 17.2 Å². The topological polar surface area (TPSA) is 63.2 Å². The molecule has 0 spiro atoms. The van der Waals surface area contributed by atoms with Gasteiger partial charge in [-0.25, -0.2) is 0 Å². The minimum absolute atomic E-state index is 0.358.